The number of nitrogens with one attached hydrogen (secondary N) is 1. The fourth-order valence-electron chi connectivity index (χ4n) is 1.86. The van der Waals surface area contributed by atoms with E-state index in [1.807, 2.05) is 20.0 Å². The van der Waals surface area contributed by atoms with Crippen molar-refractivity contribution < 1.29 is 4.92 Å². The smallest absolute Gasteiger partial charge is 0.292 e. The molecular formula is C14H16N4O2. The summed E-state index contributed by atoms with van der Waals surface area (Å²) in [4.78, 5) is 10.7. The van der Waals surface area contributed by atoms with Crippen LogP contribution in [0.15, 0.2) is 31.1 Å². The van der Waals surface area contributed by atoms with Gasteiger partial charge in [0.1, 0.15) is 5.69 Å². The first-order valence-corrected chi connectivity index (χ1v) is 6.16. The van der Waals surface area contributed by atoms with Gasteiger partial charge in [-0.05, 0) is 31.0 Å². The molecule has 0 aliphatic carbocycles. The molecule has 1 aromatic carbocycles. The largest absolute Gasteiger partial charge is 0.375 e. The monoisotopic (exact) mass is 272 g/mol. The van der Waals surface area contributed by atoms with Crippen LogP contribution in [-0.2, 0) is 6.54 Å². The summed E-state index contributed by atoms with van der Waals surface area (Å²) in [6, 6.07) is 3.39. The first-order valence-electron chi connectivity index (χ1n) is 6.16. The van der Waals surface area contributed by atoms with Gasteiger partial charge < -0.3 is 5.32 Å². The maximum Gasteiger partial charge on any atom is 0.292 e. The molecule has 1 aromatic heterocycles. The third kappa shape index (κ3) is 2.85. The Morgan fingerprint density at radius 1 is 1.45 bits per heavy atom. The molecule has 1 heterocycles. The second-order valence-electron chi connectivity index (χ2n) is 4.58. The summed E-state index contributed by atoms with van der Waals surface area (Å²) in [5, 5.41) is 18.2. The molecule has 0 radical (unpaired) electrons. The zero-order valence-corrected chi connectivity index (χ0v) is 11.5. The number of anilines is 1. The second kappa shape index (κ2) is 5.56. The predicted octanol–water partition coefficient (Wildman–Crippen LogP) is 3.12. The Kier molecular flexibility index (Phi) is 3.84. The number of nitro groups is 1. The van der Waals surface area contributed by atoms with Crippen molar-refractivity contribution >= 4 is 17.6 Å². The summed E-state index contributed by atoms with van der Waals surface area (Å²) in [5.41, 5.74) is 3.45. The van der Waals surface area contributed by atoms with Gasteiger partial charge in [-0.25, -0.2) is 4.68 Å². The Bertz CT molecular complexity index is 661. The SMILES string of the molecule is C=Cn1cc(CNc2cc(C)c(C)cc2[N+](=O)[O-])cn1. The first-order chi connectivity index (χ1) is 9.51. The van der Waals surface area contributed by atoms with Crippen LogP contribution in [0.2, 0.25) is 0 Å². The van der Waals surface area contributed by atoms with Crippen LogP contribution in [0.1, 0.15) is 16.7 Å². The molecule has 0 fully saturated rings. The molecule has 0 aliphatic rings. The minimum absolute atomic E-state index is 0.0872. The van der Waals surface area contributed by atoms with Crippen LogP contribution < -0.4 is 5.32 Å². The molecule has 0 aliphatic heterocycles. The van der Waals surface area contributed by atoms with Crippen molar-refractivity contribution in [2.75, 3.05) is 5.32 Å². The molecule has 0 saturated heterocycles. The molecule has 0 bridgehead atoms. The standard InChI is InChI=1S/C14H16N4O2/c1-4-17-9-12(8-16-17)7-15-13-5-10(2)11(3)6-14(13)18(19)20/h4-6,8-9,15H,1,7H2,2-3H3. The Morgan fingerprint density at radius 2 is 2.15 bits per heavy atom. The highest BCUT2D eigenvalue weighted by molar-refractivity contribution is 5.64. The minimum atomic E-state index is -0.373. The van der Waals surface area contributed by atoms with Crippen LogP contribution in [0.5, 0.6) is 0 Å². The number of nitro benzene ring substituents is 1. The van der Waals surface area contributed by atoms with Gasteiger partial charge >= 0.3 is 0 Å². The normalized spacial score (nSPS) is 10.3. The Labute approximate surface area is 116 Å². The van der Waals surface area contributed by atoms with E-state index in [-0.39, 0.29) is 10.6 Å². The van der Waals surface area contributed by atoms with E-state index in [1.165, 1.54) is 0 Å². The summed E-state index contributed by atoms with van der Waals surface area (Å²) >= 11 is 0. The number of benzene rings is 1. The summed E-state index contributed by atoms with van der Waals surface area (Å²) in [6.07, 6.45) is 5.09. The lowest BCUT2D eigenvalue weighted by molar-refractivity contribution is -0.384. The van der Waals surface area contributed by atoms with Gasteiger partial charge in [-0.1, -0.05) is 6.58 Å². The maximum absolute atomic E-state index is 11.1. The highest BCUT2D eigenvalue weighted by Gasteiger charge is 2.15. The molecule has 1 N–H and O–H groups in total. The van der Waals surface area contributed by atoms with Crippen molar-refractivity contribution in [1.82, 2.24) is 9.78 Å². The first kappa shape index (κ1) is 13.8. The van der Waals surface area contributed by atoms with E-state index in [2.05, 4.69) is 17.0 Å². The van der Waals surface area contributed by atoms with Gasteiger partial charge in [-0.3, -0.25) is 10.1 Å². The summed E-state index contributed by atoms with van der Waals surface area (Å²) < 4.78 is 1.59. The lowest BCUT2D eigenvalue weighted by Crippen LogP contribution is -2.03. The number of rotatable bonds is 5. The highest BCUT2D eigenvalue weighted by Crippen LogP contribution is 2.28. The summed E-state index contributed by atoms with van der Waals surface area (Å²) in [7, 11) is 0. The van der Waals surface area contributed by atoms with Gasteiger partial charge in [-0.15, -0.1) is 0 Å². The van der Waals surface area contributed by atoms with Crippen LogP contribution in [-0.4, -0.2) is 14.7 Å². The van der Waals surface area contributed by atoms with Gasteiger partial charge in [0.25, 0.3) is 5.69 Å². The molecule has 20 heavy (non-hydrogen) atoms. The van der Waals surface area contributed by atoms with E-state index in [0.717, 1.165) is 16.7 Å². The van der Waals surface area contributed by atoms with Crippen molar-refractivity contribution in [1.29, 1.82) is 0 Å². The van der Waals surface area contributed by atoms with Gasteiger partial charge in [0, 0.05) is 30.6 Å². The number of hydrogen-bond acceptors (Lipinski definition) is 4. The van der Waals surface area contributed by atoms with Crippen LogP contribution in [0.25, 0.3) is 6.20 Å². The van der Waals surface area contributed by atoms with E-state index in [9.17, 15) is 10.1 Å². The molecular weight excluding hydrogens is 256 g/mol. The fourth-order valence-corrected chi connectivity index (χ4v) is 1.86. The average Bonchev–Trinajstić information content (AvgIpc) is 2.87. The molecule has 104 valence electrons. The van der Waals surface area contributed by atoms with Crippen molar-refractivity contribution in [2.45, 2.75) is 20.4 Å². The van der Waals surface area contributed by atoms with Crippen LogP contribution in [0.4, 0.5) is 11.4 Å². The molecule has 2 aromatic rings. The van der Waals surface area contributed by atoms with E-state index in [1.54, 1.807) is 29.2 Å². The second-order valence-corrected chi connectivity index (χ2v) is 4.58. The third-order valence-electron chi connectivity index (χ3n) is 3.13. The summed E-state index contributed by atoms with van der Waals surface area (Å²) in [6.45, 7) is 7.87. The Morgan fingerprint density at radius 3 is 2.75 bits per heavy atom. The lowest BCUT2D eigenvalue weighted by Gasteiger charge is -2.08. The van der Waals surface area contributed by atoms with Crippen LogP contribution >= 0.6 is 0 Å². The number of aromatic nitrogens is 2. The molecule has 2 rings (SSSR count). The maximum atomic E-state index is 11.1. The number of hydrogen-bond donors (Lipinski definition) is 1. The highest BCUT2D eigenvalue weighted by atomic mass is 16.6. The number of nitrogens with zero attached hydrogens (tertiary/aromatic N) is 3. The molecule has 0 atom stereocenters. The molecule has 0 amide bonds. The quantitative estimate of drug-likeness (QED) is 0.670. The van der Waals surface area contributed by atoms with Crippen molar-refractivity contribution in [3.63, 3.8) is 0 Å². The molecule has 6 heteroatoms. The lowest BCUT2D eigenvalue weighted by atomic mass is 10.1. The van der Waals surface area contributed by atoms with E-state index >= 15 is 0 Å². The van der Waals surface area contributed by atoms with Crippen molar-refractivity contribution in [2.24, 2.45) is 0 Å². The Balaban J connectivity index is 2.22. The zero-order chi connectivity index (χ0) is 14.7. The van der Waals surface area contributed by atoms with Gasteiger partial charge in [0.15, 0.2) is 0 Å². The third-order valence-corrected chi connectivity index (χ3v) is 3.13. The molecule has 0 spiro atoms. The topological polar surface area (TPSA) is 73.0 Å². The molecule has 6 nitrogen and oxygen atoms in total. The van der Waals surface area contributed by atoms with Crippen molar-refractivity contribution in [3.05, 3.63) is 57.9 Å². The average molecular weight is 272 g/mol. The van der Waals surface area contributed by atoms with Crippen LogP contribution in [0.3, 0.4) is 0 Å². The summed E-state index contributed by atoms with van der Waals surface area (Å²) in [5.74, 6) is 0. The molecule has 0 unspecified atom stereocenters. The van der Waals surface area contributed by atoms with Gasteiger partial charge in [-0.2, -0.15) is 5.10 Å². The zero-order valence-electron chi connectivity index (χ0n) is 11.5. The van der Waals surface area contributed by atoms with Gasteiger partial charge in [0.05, 0.1) is 11.1 Å². The van der Waals surface area contributed by atoms with Crippen LogP contribution in [0, 0.1) is 24.0 Å². The van der Waals surface area contributed by atoms with E-state index in [0.29, 0.717) is 12.2 Å². The fraction of sp³-hybridized carbons (Fsp3) is 0.214. The van der Waals surface area contributed by atoms with Gasteiger partial charge in [0.2, 0.25) is 0 Å². The number of aryl methyl sites for hydroxylation is 2. The minimum Gasteiger partial charge on any atom is -0.375 e. The Hall–Kier alpha value is -2.63. The molecule has 0 saturated carbocycles. The predicted molar refractivity (Wildman–Crippen MR) is 78.5 cm³/mol. The van der Waals surface area contributed by atoms with E-state index < -0.39 is 0 Å². The van der Waals surface area contributed by atoms with E-state index in [4.69, 9.17) is 0 Å². The van der Waals surface area contributed by atoms with Crippen molar-refractivity contribution in [3.8, 4) is 0 Å².